The fourth-order valence-corrected chi connectivity index (χ4v) is 5.89. The van der Waals surface area contributed by atoms with Crippen molar-refractivity contribution in [2.24, 2.45) is 0 Å². The standard InChI is InChI=1S/C25H31N3O5S/c1-17-10-11-18(2)23(14-17)34(31,32)27-20-7-3-6-19(15-20)25(30)28-12-4-9-22(28)24(29)26-16-21-8-5-13-33-21/h3,6-7,10-11,14-15,21-22,27H,4-5,8-9,12-13,16H2,1-2H3,(H,26,29)/t21-,22+/m0/s1. The van der Waals surface area contributed by atoms with Gasteiger partial charge in [-0.3, -0.25) is 14.3 Å². The maximum absolute atomic E-state index is 13.3. The smallest absolute Gasteiger partial charge is 0.262 e. The summed E-state index contributed by atoms with van der Waals surface area (Å²) in [5, 5.41) is 2.92. The molecule has 0 bridgehead atoms. The van der Waals surface area contributed by atoms with Gasteiger partial charge in [0, 0.05) is 30.9 Å². The van der Waals surface area contributed by atoms with Crippen molar-refractivity contribution in [2.75, 3.05) is 24.4 Å². The summed E-state index contributed by atoms with van der Waals surface area (Å²) in [6.45, 7) is 5.23. The molecule has 2 saturated heterocycles. The lowest BCUT2D eigenvalue weighted by molar-refractivity contribution is -0.125. The van der Waals surface area contributed by atoms with Crippen molar-refractivity contribution in [1.82, 2.24) is 10.2 Å². The summed E-state index contributed by atoms with van der Waals surface area (Å²) in [5.41, 5.74) is 2.11. The minimum absolute atomic E-state index is 0.0382. The molecule has 2 atom stereocenters. The van der Waals surface area contributed by atoms with E-state index in [1.807, 2.05) is 13.0 Å². The van der Waals surface area contributed by atoms with Crippen LogP contribution in [0.4, 0.5) is 5.69 Å². The molecule has 0 spiro atoms. The number of sulfonamides is 1. The highest BCUT2D eigenvalue weighted by Crippen LogP contribution is 2.24. The molecule has 2 aromatic carbocycles. The highest BCUT2D eigenvalue weighted by Gasteiger charge is 2.35. The lowest BCUT2D eigenvalue weighted by Gasteiger charge is -2.25. The number of aryl methyl sites for hydroxylation is 2. The molecule has 0 aromatic heterocycles. The molecule has 2 aliphatic rings. The second kappa shape index (κ2) is 10.1. The van der Waals surface area contributed by atoms with Crippen LogP contribution < -0.4 is 10.0 Å². The molecule has 2 heterocycles. The number of nitrogens with zero attached hydrogens (tertiary/aromatic N) is 1. The average Bonchev–Trinajstić information content (AvgIpc) is 3.50. The van der Waals surface area contributed by atoms with E-state index in [2.05, 4.69) is 10.0 Å². The molecule has 0 aliphatic carbocycles. The molecular formula is C25H31N3O5S. The Kier molecular flexibility index (Phi) is 7.23. The Labute approximate surface area is 200 Å². The van der Waals surface area contributed by atoms with Crippen LogP contribution in [0.1, 0.15) is 47.2 Å². The van der Waals surface area contributed by atoms with Crippen molar-refractivity contribution in [1.29, 1.82) is 0 Å². The molecule has 9 heteroatoms. The van der Waals surface area contributed by atoms with E-state index in [-0.39, 0.29) is 22.8 Å². The molecule has 0 saturated carbocycles. The lowest BCUT2D eigenvalue weighted by Crippen LogP contribution is -2.47. The SMILES string of the molecule is Cc1ccc(C)c(S(=O)(=O)Nc2cccc(C(=O)N3CCC[C@@H]3C(=O)NC[C@@H]3CCCO3)c2)c1. The lowest BCUT2D eigenvalue weighted by atomic mass is 10.1. The Bertz CT molecular complexity index is 1170. The van der Waals surface area contributed by atoms with Crippen LogP contribution in [0.5, 0.6) is 0 Å². The van der Waals surface area contributed by atoms with E-state index in [1.54, 1.807) is 42.2 Å². The molecule has 4 rings (SSSR count). The van der Waals surface area contributed by atoms with E-state index in [0.717, 1.165) is 31.4 Å². The molecule has 0 radical (unpaired) electrons. The topological polar surface area (TPSA) is 105 Å². The number of benzene rings is 2. The van der Waals surface area contributed by atoms with Crippen molar-refractivity contribution < 1.29 is 22.7 Å². The zero-order chi connectivity index (χ0) is 24.3. The van der Waals surface area contributed by atoms with E-state index in [1.165, 1.54) is 6.07 Å². The Balaban J connectivity index is 1.46. The average molecular weight is 486 g/mol. The van der Waals surface area contributed by atoms with Crippen molar-refractivity contribution in [2.45, 2.75) is 56.6 Å². The second-order valence-electron chi connectivity index (χ2n) is 8.99. The summed E-state index contributed by atoms with van der Waals surface area (Å²) in [6, 6.07) is 11.1. The molecule has 2 N–H and O–H groups in total. The summed E-state index contributed by atoms with van der Waals surface area (Å²) in [7, 11) is -3.82. The van der Waals surface area contributed by atoms with E-state index in [4.69, 9.17) is 4.74 Å². The minimum atomic E-state index is -3.82. The number of ether oxygens (including phenoxy) is 1. The predicted octanol–water partition coefficient (Wildman–Crippen LogP) is 3.00. The number of hydrogen-bond donors (Lipinski definition) is 2. The first-order chi connectivity index (χ1) is 16.2. The zero-order valence-electron chi connectivity index (χ0n) is 19.5. The van der Waals surface area contributed by atoms with Gasteiger partial charge in [-0.25, -0.2) is 8.42 Å². The van der Waals surface area contributed by atoms with Crippen molar-refractivity contribution in [3.05, 3.63) is 59.2 Å². The Morgan fingerprint density at radius 2 is 1.91 bits per heavy atom. The van der Waals surface area contributed by atoms with Gasteiger partial charge in [0.2, 0.25) is 5.91 Å². The second-order valence-corrected chi connectivity index (χ2v) is 10.6. The Morgan fingerprint density at radius 3 is 2.68 bits per heavy atom. The van der Waals surface area contributed by atoms with Crippen molar-refractivity contribution in [3.8, 4) is 0 Å². The van der Waals surface area contributed by atoms with E-state index >= 15 is 0 Å². The van der Waals surface area contributed by atoms with Crippen LogP contribution in [0.3, 0.4) is 0 Å². The molecule has 2 amide bonds. The molecule has 2 fully saturated rings. The third kappa shape index (κ3) is 5.42. The van der Waals surface area contributed by atoms with E-state index < -0.39 is 16.1 Å². The predicted molar refractivity (Wildman–Crippen MR) is 129 cm³/mol. The number of carbonyl (C=O) groups is 2. The van der Waals surface area contributed by atoms with Crippen LogP contribution in [-0.4, -0.2) is 57.0 Å². The largest absolute Gasteiger partial charge is 0.376 e. The third-order valence-electron chi connectivity index (χ3n) is 6.34. The first-order valence-electron chi connectivity index (χ1n) is 11.6. The Morgan fingerprint density at radius 1 is 1.09 bits per heavy atom. The monoisotopic (exact) mass is 485 g/mol. The van der Waals surface area contributed by atoms with Gasteiger partial charge in [-0.15, -0.1) is 0 Å². The van der Waals surface area contributed by atoms with Gasteiger partial charge < -0.3 is 15.0 Å². The van der Waals surface area contributed by atoms with Gasteiger partial charge in [0.15, 0.2) is 0 Å². The maximum atomic E-state index is 13.3. The quantitative estimate of drug-likeness (QED) is 0.627. The number of anilines is 1. The Hall–Kier alpha value is -2.91. The number of amides is 2. The van der Waals surface area contributed by atoms with Gasteiger partial charge in [0.25, 0.3) is 15.9 Å². The summed E-state index contributed by atoms with van der Waals surface area (Å²) >= 11 is 0. The molecule has 34 heavy (non-hydrogen) atoms. The van der Waals surface area contributed by atoms with E-state index in [0.29, 0.717) is 36.3 Å². The number of nitrogens with one attached hydrogen (secondary N) is 2. The number of rotatable bonds is 7. The molecule has 0 unspecified atom stereocenters. The fraction of sp³-hybridized carbons (Fsp3) is 0.440. The highest BCUT2D eigenvalue weighted by molar-refractivity contribution is 7.92. The number of hydrogen-bond acceptors (Lipinski definition) is 5. The van der Waals surface area contributed by atoms with Crippen LogP contribution >= 0.6 is 0 Å². The number of carbonyl (C=O) groups excluding carboxylic acids is 2. The summed E-state index contributed by atoms with van der Waals surface area (Å²) in [4.78, 5) is 27.8. The first kappa shape index (κ1) is 24.2. The summed E-state index contributed by atoms with van der Waals surface area (Å²) in [5.74, 6) is -0.462. The van der Waals surface area contributed by atoms with Gasteiger partial charge in [0.05, 0.1) is 11.0 Å². The minimum Gasteiger partial charge on any atom is -0.376 e. The first-order valence-corrected chi connectivity index (χ1v) is 13.1. The van der Waals surface area contributed by atoms with Gasteiger partial charge in [0.1, 0.15) is 6.04 Å². The highest BCUT2D eigenvalue weighted by atomic mass is 32.2. The van der Waals surface area contributed by atoms with Crippen LogP contribution in [0.2, 0.25) is 0 Å². The van der Waals surface area contributed by atoms with E-state index in [9.17, 15) is 18.0 Å². The molecule has 2 aromatic rings. The van der Waals surface area contributed by atoms with Gasteiger partial charge >= 0.3 is 0 Å². The third-order valence-corrected chi connectivity index (χ3v) is 7.86. The zero-order valence-corrected chi connectivity index (χ0v) is 20.4. The van der Waals surface area contributed by atoms with Crippen molar-refractivity contribution >= 4 is 27.5 Å². The van der Waals surface area contributed by atoms with Crippen molar-refractivity contribution in [3.63, 3.8) is 0 Å². The molecule has 2 aliphatic heterocycles. The van der Waals surface area contributed by atoms with Crippen LogP contribution in [0, 0.1) is 13.8 Å². The summed E-state index contributed by atoms with van der Waals surface area (Å²) in [6.07, 6.45) is 3.30. The fourth-order valence-electron chi connectivity index (χ4n) is 4.51. The normalized spacial score (nSPS) is 20.4. The molecular weight excluding hydrogens is 454 g/mol. The molecule has 8 nitrogen and oxygen atoms in total. The van der Waals surface area contributed by atoms with Crippen LogP contribution in [0.15, 0.2) is 47.4 Å². The number of likely N-dealkylation sites (tertiary alicyclic amines) is 1. The van der Waals surface area contributed by atoms with Gasteiger partial charge in [-0.1, -0.05) is 18.2 Å². The maximum Gasteiger partial charge on any atom is 0.262 e. The van der Waals surface area contributed by atoms with Crippen LogP contribution in [-0.2, 0) is 19.6 Å². The molecule has 182 valence electrons. The van der Waals surface area contributed by atoms with Gasteiger partial charge in [-0.2, -0.15) is 0 Å². The van der Waals surface area contributed by atoms with Gasteiger partial charge in [-0.05, 0) is 74.9 Å². The van der Waals surface area contributed by atoms with Crippen LogP contribution in [0.25, 0.3) is 0 Å². The summed E-state index contributed by atoms with van der Waals surface area (Å²) < 4.78 is 34.1.